The van der Waals surface area contributed by atoms with Crippen molar-refractivity contribution in [2.24, 2.45) is 5.92 Å². The summed E-state index contributed by atoms with van der Waals surface area (Å²) in [6.45, 7) is 4.56. The van der Waals surface area contributed by atoms with Crippen LogP contribution in [-0.4, -0.2) is 21.2 Å². The van der Waals surface area contributed by atoms with Crippen LogP contribution >= 0.6 is 34.7 Å². The predicted octanol–water partition coefficient (Wildman–Crippen LogP) is 5.25. The van der Waals surface area contributed by atoms with Crippen LogP contribution in [0.25, 0.3) is 10.9 Å². The molecule has 0 saturated carbocycles. The zero-order valence-corrected chi connectivity index (χ0v) is 20.3. The lowest BCUT2D eigenvalue weighted by molar-refractivity contribution is -0.113. The molecule has 4 rings (SSSR count). The number of carbonyl (C=O) groups is 1. The summed E-state index contributed by atoms with van der Waals surface area (Å²) in [5.41, 5.74) is 2.06. The second-order valence-corrected chi connectivity index (χ2v) is 10.7. The first kappa shape index (κ1) is 22.8. The van der Waals surface area contributed by atoms with Crippen LogP contribution in [0.15, 0.2) is 28.2 Å². The number of anilines is 1. The van der Waals surface area contributed by atoms with E-state index >= 15 is 0 Å². The van der Waals surface area contributed by atoms with Crippen molar-refractivity contribution in [3.8, 4) is 6.07 Å². The Bertz CT molecular complexity index is 1290. The number of nitriles is 1. The van der Waals surface area contributed by atoms with Crippen LogP contribution in [-0.2, 0) is 24.2 Å². The number of nitrogens with zero attached hydrogens (tertiary/aromatic N) is 3. The van der Waals surface area contributed by atoms with E-state index < -0.39 is 0 Å². The van der Waals surface area contributed by atoms with Crippen LogP contribution in [0.5, 0.6) is 0 Å². The summed E-state index contributed by atoms with van der Waals surface area (Å²) in [5, 5.41) is 14.6. The predicted molar refractivity (Wildman–Crippen MR) is 131 cm³/mol. The third-order valence-corrected chi connectivity index (χ3v) is 7.72. The van der Waals surface area contributed by atoms with Crippen LogP contribution in [0.2, 0.25) is 5.02 Å². The molecular formula is C23H23ClN4O2S2. The van der Waals surface area contributed by atoms with Gasteiger partial charge in [0.2, 0.25) is 5.91 Å². The van der Waals surface area contributed by atoms with Crippen molar-refractivity contribution in [1.82, 2.24) is 9.55 Å². The molecule has 0 aliphatic heterocycles. The minimum atomic E-state index is -0.221. The molecule has 1 amide bonds. The fourth-order valence-electron chi connectivity index (χ4n) is 3.88. The number of amides is 1. The molecule has 0 radical (unpaired) electrons. The second-order valence-electron chi connectivity index (χ2n) is 8.23. The van der Waals surface area contributed by atoms with Crippen molar-refractivity contribution in [3.63, 3.8) is 0 Å². The Labute approximate surface area is 199 Å². The molecule has 1 aromatic carbocycles. The highest BCUT2D eigenvalue weighted by Gasteiger charge is 2.22. The zero-order chi connectivity index (χ0) is 22.8. The standard InChI is InChI=1S/C23H23ClN4O2S2/c1-13(2)11-28-22(30)16-8-7-14(24)9-18(16)26-23(28)31-12-20(29)27-21-17(10-25)15-5-3-4-6-19(15)32-21/h7-9,13H,3-6,11-12H2,1-2H3,(H,27,29). The van der Waals surface area contributed by atoms with Gasteiger partial charge in [-0.1, -0.05) is 37.2 Å². The quantitative estimate of drug-likeness (QED) is 0.380. The number of hydrogen-bond donors (Lipinski definition) is 1. The highest BCUT2D eigenvalue weighted by atomic mass is 35.5. The molecule has 6 nitrogen and oxygen atoms in total. The summed E-state index contributed by atoms with van der Waals surface area (Å²) in [7, 11) is 0. The molecular weight excluding hydrogens is 464 g/mol. The first-order valence-corrected chi connectivity index (χ1v) is 12.7. The molecule has 0 spiro atoms. The van der Waals surface area contributed by atoms with Gasteiger partial charge in [0.25, 0.3) is 5.56 Å². The molecule has 2 heterocycles. The Morgan fingerprint density at radius 2 is 2.16 bits per heavy atom. The highest BCUT2D eigenvalue weighted by Crippen LogP contribution is 2.37. The lowest BCUT2D eigenvalue weighted by Crippen LogP contribution is -2.26. The fourth-order valence-corrected chi connectivity index (χ4v) is 6.11. The van der Waals surface area contributed by atoms with Gasteiger partial charge in [-0.3, -0.25) is 14.2 Å². The summed E-state index contributed by atoms with van der Waals surface area (Å²) >= 11 is 8.81. The van der Waals surface area contributed by atoms with Crippen LogP contribution < -0.4 is 10.9 Å². The number of aryl methyl sites for hydroxylation is 1. The first-order valence-electron chi connectivity index (χ1n) is 10.5. The lowest BCUT2D eigenvalue weighted by Gasteiger charge is -2.15. The molecule has 1 aliphatic rings. The maximum atomic E-state index is 13.1. The van der Waals surface area contributed by atoms with Crippen molar-refractivity contribution < 1.29 is 4.79 Å². The van der Waals surface area contributed by atoms with Crippen molar-refractivity contribution in [2.75, 3.05) is 11.1 Å². The Balaban J connectivity index is 1.57. The number of rotatable bonds is 6. The van der Waals surface area contributed by atoms with E-state index in [2.05, 4.69) is 16.4 Å². The molecule has 3 aromatic rings. The van der Waals surface area contributed by atoms with Gasteiger partial charge in [0.05, 0.1) is 22.2 Å². The molecule has 0 bridgehead atoms. The molecule has 1 N–H and O–H groups in total. The van der Waals surface area contributed by atoms with Gasteiger partial charge in [0.15, 0.2) is 5.16 Å². The van der Waals surface area contributed by atoms with Gasteiger partial charge in [-0.15, -0.1) is 11.3 Å². The third kappa shape index (κ3) is 4.70. The topological polar surface area (TPSA) is 87.8 Å². The maximum Gasteiger partial charge on any atom is 0.262 e. The largest absolute Gasteiger partial charge is 0.316 e. The van der Waals surface area contributed by atoms with Crippen LogP contribution in [0, 0.1) is 17.2 Å². The van der Waals surface area contributed by atoms with Crippen LogP contribution in [0.4, 0.5) is 5.00 Å². The molecule has 0 atom stereocenters. The van der Waals surface area contributed by atoms with E-state index in [0.717, 1.165) is 31.2 Å². The van der Waals surface area contributed by atoms with Gasteiger partial charge in [0.1, 0.15) is 11.1 Å². The Kier molecular flexibility index (Phi) is 6.89. The lowest BCUT2D eigenvalue weighted by atomic mass is 9.96. The number of thiophene rings is 1. The fraction of sp³-hybridized carbons (Fsp3) is 0.391. The Morgan fingerprint density at radius 1 is 1.38 bits per heavy atom. The molecule has 1 aliphatic carbocycles. The Hall–Kier alpha value is -2.34. The van der Waals surface area contributed by atoms with Crippen LogP contribution in [0.1, 0.15) is 42.7 Å². The van der Waals surface area contributed by atoms with E-state index in [9.17, 15) is 14.9 Å². The van der Waals surface area contributed by atoms with Gasteiger partial charge >= 0.3 is 0 Å². The number of thioether (sulfide) groups is 1. The van der Waals surface area contributed by atoms with Crippen molar-refractivity contribution in [1.29, 1.82) is 5.26 Å². The maximum absolute atomic E-state index is 13.1. The summed E-state index contributed by atoms with van der Waals surface area (Å²) < 4.78 is 1.63. The van der Waals surface area contributed by atoms with Gasteiger partial charge < -0.3 is 5.32 Å². The monoisotopic (exact) mass is 486 g/mol. The molecule has 0 unspecified atom stereocenters. The average molecular weight is 487 g/mol. The number of benzene rings is 1. The van der Waals surface area contributed by atoms with E-state index in [4.69, 9.17) is 11.6 Å². The molecule has 9 heteroatoms. The third-order valence-electron chi connectivity index (χ3n) is 5.30. The van der Waals surface area contributed by atoms with Gasteiger partial charge in [-0.2, -0.15) is 5.26 Å². The Morgan fingerprint density at radius 3 is 2.91 bits per heavy atom. The number of aromatic nitrogens is 2. The number of carbonyl (C=O) groups excluding carboxylic acids is 1. The summed E-state index contributed by atoms with van der Waals surface area (Å²) in [6.07, 6.45) is 4.05. The van der Waals surface area contributed by atoms with E-state index in [1.165, 1.54) is 28.0 Å². The van der Waals surface area contributed by atoms with Gasteiger partial charge in [0, 0.05) is 16.4 Å². The molecule has 2 aromatic heterocycles. The number of halogens is 1. The van der Waals surface area contributed by atoms with Crippen molar-refractivity contribution >= 4 is 56.5 Å². The normalized spacial score (nSPS) is 13.2. The summed E-state index contributed by atoms with van der Waals surface area (Å²) in [4.78, 5) is 31.6. The van der Waals surface area contributed by atoms with Crippen molar-refractivity contribution in [2.45, 2.75) is 51.2 Å². The summed E-state index contributed by atoms with van der Waals surface area (Å²) in [5.74, 6) is 0.106. The molecule has 0 saturated heterocycles. The zero-order valence-electron chi connectivity index (χ0n) is 17.9. The van der Waals surface area contributed by atoms with Gasteiger partial charge in [-0.25, -0.2) is 4.98 Å². The van der Waals surface area contributed by atoms with E-state index in [1.54, 1.807) is 22.8 Å². The minimum absolute atomic E-state index is 0.0873. The van der Waals surface area contributed by atoms with E-state index in [1.807, 2.05) is 13.8 Å². The molecule has 166 valence electrons. The SMILES string of the molecule is CC(C)Cn1c(SCC(=O)Nc2sc3c(c2C#N)CCCC3)nc2cc(Cl)ccc2c1=O. The number of hydrogen-bond acceptors (Lipinski definition) is 6. The average Bonchev–Trinajstić information content (AvgIpc) is 3.10. The van der Waals surface area contributed by atoms with Crippen molar-refractivity contribution in [3.05, 3.63) is 49.6 Å². The number of nitrogens with one attached hydrogen (secondary N) is 1. The second kappa shape index (κ2) is 9.65. The van der Waals surface area contributed by atoms with Gasteiger partial charge in [-0.05, 0) is 55.4 Å². The smallest absolute Gasteiger partial charge is 0.262 e. The van der Waals surface area contributed by atoms with E-state index in [0.29, 0.717) is 38.2 Å². The highest BCUT2D eigenvalue weighted by molar-refractivity contribution is 7.99. The molecule has 0 fully saturated rings. The minimum Gasteiger partial charge on any atom is -0.316 e. The summed E-state index contributed by atoms with van der Waals surface area (Å²) in [6, 6.07) is 7.30. The molecule has 32 heavy (non-hydrogen) atoms. The first-order chi connectivity index (χ1) is 15.4. The number of fused-ring (bicyclic) bond motifs is 2. The van der Waals surface area contributed by atoms with E-state index in [-0.39, 0.29) is 23.1 Å². The van der Waals surface area contributed by atoms with Crippen LogP contribution in [0.3, 0.4) is 0 Å².